The first-order valence-corrected chi connectivity index (χ1v) is 3.07. The van der Waals surface area contributed by atoms with Crippen molar-refractivity contribution < 1.29 is 9.50 Å². The zero-order chi connectivity index (χ0) is 6.04. The van der Waals surface area contributed by atoms with Crippen LogP contribution in [0.1, 0.15) is 25.7 Å². The van der Waals surface area contributed by atoms with Crippen molar-refractivity contribution in [1.29, 1.82) is 0 Å². The Bertz CT molecular complexity index is 78.6. The third-order valence-corrected chi connectivity index (χ3v) is 1.58. The van der Waals surface area contributed by atoms with Gasteiger partial charge in [-0.1, -0.05) is 0 Å². The Labute approximate surface area is 48.5 Å². The predicted molar refractivity (Wildman–Crippen MR) is 29.4 cm³/mol. The molecule has 2 heteroatoms. The van der Waals surface area contributed by atoms with Crippen LogP contribution in [0, 0.1) is 0 Å². The first kappa shape index (κ1) is 6.02. The molecule has 1 aliphatic rings. The van der Waals surface area contributed by atoms with Gasteiger partial charge in [0.05, 0.1) is 0 Å². The van der Waals surface area contributed by atoms with Crippen molar-refractivity contribution in [2.24, 2.45) is 0 Å². The molecule has 0 spiro atoms. The molecule has 8 heavy (non-hydrogen) atoms. The zero-order valence-electron chi connectivity index (χ0n) is 4.86. The summed E-state index contributed by atoms with van der Waals surface area (Å²) < 4.78 is 12.6. The summed E-state index contributed by atoms with van der Waals surface area (Å²) in [6.45, 7) is 0.131. The maximum absolute atomic E-state index is 12.6. The number of aliphatic hydroxyl groups is 1. The van der Waals surface area contributed by atoms with Crippen LogP contribution in [0.4, 0.5) is 4.39 Å². The van der Waals surface area contributed by atoms with E-state index in [2.05, 4.69) is 0 Å². The van der Waals surface area contributed by atoms with Gasteiger partial charge in [-0.05, 0) is 25.7 Å². The average molecular weight is 118 g/mol. The van der Waals surface area contributed by atoms with Gasteiger partial charge >= 0.3 is 0 Å². The van der Waals surface area contributed by atoms with Crippen molar-refractivity contribution in [3.63, 3.8) is 0 Å². The van der Waals surface area contributed by atoms with E-state index in [1.54, 1.807) is 0 Å². The second-order valence-electron chi connectivity index (χ2n) is 2.48. The number of hydrogen-bond donors (Lipinski definition) is 1. The second-order valence-corrected chi connectivity index (χ2v) is 2.48. The lowest BCUT2D eigenvalue weighted by molar-refractivity contribution is 0.232. The van der Waals surface area contributed by atoms with Gasteiger partial charge in [-0.25, -0.2) is 4.39 Å². The lowest BCUT2D eigenvalue weighted by atomic mass is 10.2. The molecule has 1 fully saturated rings. The molecule has 0 aromatic carbocycles. The predicted octanol–water partition coefficient (Wildman–Crippen LogP) is 1.26. The highest BCUT2D eigenvalue weighted by Crippen LogP contribution is 2.43. The second kappa shape index (κ2) is 2.02. The Hall–Kier alpha value is -0.110. The molecule has 0 amide bonds. The molecule has 0 atom stereocenters. The molecule has 48 valence electrons. The van der Waals surface area contributed by atoms with Gasteiger partial charge in [-0.3, -0.25) is 0 Å². The van der Waals surface area contributed by atoms with Crippen LogP contribution in [0.2, 0.25) is 0 Å². The Morgan fingerprint density at radius 2 is 2.12 bits per heavy atom. The molecule has 0 bridgehead atoms. The summed E-state index contributed by atoms with van der Waals surface area (Å²) in [5.74, 6) is 0. The number of rotatable bonds is 3. The fourth-order valence-corrected chi connectivity index (χ4v) is 0.782. The maximum atomic E-state index is 12.6. The van der Waals surface area contributed by atoms with Crippen LogP contribution < -0.4 is 0 Å². The van der Waals surface area contributed by atoms with E-state index in [-0.39, 0.29) is 6.61 Å². The molecule has 1 aliphatic carbocycles. The first-order chi connectivity index (χ1) is 3.77. The van der Waals surface area contributed by atoms with E-state index in [1.165, 1.54) is 0 Å². The van der Waals surface area contributed by atoms with Gasteiger partial charge in [-0.2, -0.15) is 0 Å². The standard InChI is InChI=1S/C6H11FO/c7-6(3-4-6)2-1-5-8/h8H,1-5H2. The third kappa shape index (κ3) is 1.44. The van der Waals surface area contributed by atoms with E-state index in [0.29, 0.717) is 25.7 Å². The quantitative estimate of drug-likeness (QED) is 0.591. The van der Waals surface area contributed by atoms with E-state index in [0.717, 1.165) is 0 Å². The summed E-state index contributed by atoms with van der Waals surface area (Å²) in [5, 5.41) is 8.29. The van der Waals surface area contributed by atoms with Crippen molar-refractivity contribution in [2.45, 2.75) is 31.4 Å². The largest absolute Gasteiger partial charge is 0.396 e. The molecule has 0 aromatic heterocycles. The van der Waals surface area contributed by atoms with Gasteiger partial charge in [-0.15, -0.1) is 0 Å². The molecular weight excluding hydrogens is 107 g/mol. The van der Waals surface area contributed by atoms with Crippen molar-refractivity contribution >= 4 is 0 Å². The lowest BCUT2D eigenvalue weighted by Gasteiger charge is -1.99. The van der Waals surface area contributed by atoms with Crippen molar-refractivity contribution in [1.82, 2.24) is 0 Å². The highest BCUT2D eigenvalue weighted by Gasteiger charge is 2.41. The molecule has 1 rings (SSSR count). The summed E-state index contributed by atoms with van der Waals surface area (Å²) in [6.07, 6.45) is 2.61. The van der Waals surface area contributed by atoms with E-state index < -0.39 is 5.67 Å². The topological polar surface area (TPSA) is 20.2 Å². The Morgan fingerprint density at radius 1 is 1.50 bits per heavy atom. The Morgan fingerprint density at radius 3 is 2.50 bits per heavy atom. The number of halogens is 1. The molecule has 0 unspecified atom stereocenters. The summed E-state index contributed by atoms with van der Waals surface area (Å²) in [6, 6.07) is 0. The molecule has 0 aromatic rings. The molecule has 0 aliphatic heterocycles. The van der Waals surface area contributed by atoms with Crippen LogP contribution in [0.3, 0.4) is 0 Å². The van der Waals surface area contributed by atoms with Crippen LogP contribution in [0.25, 0.3) is 0 Å². The van der Waals surface area contributed by atoms with Crippen molar-refractivity contribution in [3.8, 4) is 0 Å². The van der Waals surface area contributed by atoms with Crippen LogP contribution in [-0.4, -0.2) is 17.4 Å². The minimum atomic E-state index is -0.858. The molecule has 1 saturated carbocycles. The van der Waals surface area contributed by atoms with Gasteiger partial charge < -0.3 is 5.11 Å². The number of aliphatic hydroxyl groups excluding tert-OH is 1. The van der Waals surface area contributed by atoms with Gasteiger partial charge in [0.2, 0.25) is 0 Å². The Kier molecular flexibility index (Phi) is 1.52. The average Bonchev–Trinajstić information content (AvgIpc) is 2.45. The van der Waals surface area contributed by atoms with E-state index in [9.17, 15) is 4.39 Å². The van der Waals surface area contributed by atoms with E-state index in [4.69, 9.17) is 5.11 Å². The molecule has 0 radical (unpaired) electrons. The van der Waals surface area contributed by atoms with Gasteiger partial charge in [0, 0.05) is 6.61 Å². The molecule has 1 N–H and O–H groups in total. The highest BCUT2D eigenvalue weighted by molar-refractivity contribution is 4.93. The molecule has 1 nitrogen and oxygen atoms in total. The minimum absolute atomic E-state index is 0.131. The smallest absolute Gasteiger partial charge is 0.111 e. The lowest BCUT2D eigenvalue weighted by Crippen LogP contribution is -1.99. The van der Waals surface area contributed by atoms with Crippen LogP contribution in [0.15, 0.2) is 0 Å². The normalized spacial score (nSPS) is 23.2. The fraction of sp³-hybridized carbons (Fsp3) is 1.00. The number of alkyl halides is 1. The Balaban J connectivity index is 2.01. The summed E-state index contributed by atoms with van der Waals surface area (Å²) in [4.78, 5) is 0. The van der Waals surface area contributed by atoms with Crippen molar-refractivity contribution in [3.05, 3.63) is 0 Å². The van der Waals surface area contributed by atoms with Crippen LogP contribution in [-0.2, 0) is 0 Å². The first-order valence-electron chi connectivity index (χ1n) is 3.07. The van der Waals surface area contributed by atoms with Crippen LogP contribution in [0.5, 0.6) is 0 Å². The van der Waals surface area contributed by atoms with Gasteiger partial charge in [0.25, 0.3) is 0 Å². The van der Waals surface area contributed by atoms with Gasteiger partial charge in [0.15, 0.2) is 0 Å². The molecular formula is C6H11FO. The summed E-state index contributed by atoms with van der Waals surface area (Å²) in [7, 11) is 0. The maximum Gasteiger partial charge on any atom is 0.111 e. The minimum Gasteiger partial charge on any atom is -0.396 e. The van der Waals surface area contributed by atoms with Crippen LogP contribution >= 0.6 is 0 Å². The summed E-state index contributed by atoms with van der Waals surface area (Å²) in [5.41, 5.74) is -0.858. The fourth-order valence-electron chi connectivity index (χ4n) is 0.782. The highest BCUT2D eigenvalue weighted by atomic mass is 19.1. The number of hydrogen-bond acceptors (Lipinski definition) is 1. The summed E-state index contributed by atoms with van der Waals surface area (Å²) >= 11 is 0. The molecule has 0 heterocycles. The van der Waals surface area contributed by atoms with Crippen molar-refractivity contribution in [2.75, 3.05) is 6.61 Å². The van der Waals surface area contributed by atoms with Gasteiger partial charge in [0.1, 0.15) is 5.67 Å². The molecule has 0 saturated heterocycles. The SMILES string of the molecule is OCCCC1(F)CC1. The monoisotopic (exact) mass is 118 g/mol. The third-order valence-electron chi connectivity index (χ3n) is 1.58. The van der Waals surface area contributed by atoms with E-state index >= 15 is 0 Å². The van der Waals surface area contributed by atoms with E-state index in [1.807, 2.05) is 0 Å². The zero-order valence-corrected chi connectivity index (χ0v) is 4.86.